The van der Waals surface area contributed by atoms with Gasteiger partial charge >= 0.3 is 0 Å². The van der Waals surface area contributed by atoms with E-state index in [9.17, 15) is 5.11 Å². The molecule has 3 nitrogen and oxygen atoms in total. The molecule has 24 heavy (non-hydrogen) atoms. The summed E-state index contributed by atoms with van der Waals surface area (Å²) in [6.45, 7) is 0.678. The maximum absolute atomic E-state index is 9.38. The summed E-state index contributed by atoms with van der Waals surface area (Å²) in [6, 6.07) is 18.2. The third-order valence-corrected chi connectivity index (χ3v) is 4.93. The molecule has 0 aliphatic heterocycles. The first-order valence-electron chi connectivity index (χ1n) is 7.82. The van der Waals surface area contributed by atoms with E-state index in [1.807, 2.05) is 36.5 Å². The molecule has 0 radical (unpaired) electrons. The molecule has 0 bridgehead atoms. The number of benzene rings is 2. The van der Waals surface area contributed by atoms with Gasteiger partial charge in [0.05, 0.1) is 12.3 Å². The van der Waals surface area contributed by atoms with Gasteiger partial charge in [0.1, 0.15) is 0 Å². The summed E-state index contributed by atoms with van der Waals surface area (Å²) in [5, 5.41) is 11.0. The van der Waals surface area contributed by atoms with E-state index < -0.39 is 0 Å². The third-order valence-electron chi connectivity index (χ3n) is 3.68. The fraction of sp³-hybridized carbons (Fsp3) is 0.211. The molecule has 0 atom stereocenters. The van der Waals surface area contributed by atoms with Crippen LogP contribution in [0.2, 0.25) is 5.02 Å². The van der Waals surface area contributed by atoms with Gasteiger partial charge in [0.2, 0.25) is 0 Å². The van der Waals surface area contributed by atoms with Crippen molar-refractivity contribution in [3.8, 4) is 0 Å². The third kappa shape index (κ3) is 4.63. The van der Waals surface area contributed by atoms with Crippen LogP contribution in [0.5, 0.6) is 0 Å². The molecular formula is C19H19ClN2OS. The minimum absolute atomic E-state index is 0.0418. The summed E-state index contributed by atoms with van der Waals surface area (Å²) in [5.74, 6) is 0.951. The van der Waals surface area contributed by atoms with Gasteiger partial charge in [0.25, 0.3) is 0 Å². The lowest BCUT2D eigenvalue weighted by atomic mass is 10.2. The standard InChI is InChI=1S/C19H19ClN2OS/c20-17-8-6-16(7-9-17)12-22-13-18(14-23)21-19(22)24-11-10-15-4-2-1-3-5-15/h1-9,13,23H,10-12,14H2. The second-order valence-corrected chi connectivity index (χ2v) is 7.01. The average Bonchev–Trinajstić information content (AvgIpc) is 3.00. The number of aryl methyl sites for hydroxylation is 1. The SMILES string of the molecule is OCc1cn(Cc2ccc(Cl)cc2)c(SCCc2ccccc2)n1. The van der Waals surface area contributed by atoms with Crippen molar-refractivity contribution < 1.29 is 5.11 Å². The Labute approximate surface area is 151 Å². The highest BCUT2D eigenvalue weighted by Crippen LogP contribution is 2.21. The van der Waals surface area contributed by atoms with E-state index in [2.05, 4.69) is 33.8 Å². The molecule has 1 N–H and O–H groups in total. The van der Waals surface area contributed by atoms with Crippen LogP contribution in [0.4, 0.5) is 0 Å². The first-order chi connectivity index (χ1) is 11.7. The Balaban J connectivity index is 1.67. The lowest BCUT2D eigenvalue weighted by Gasteiger charge is -2.08. The van der Waals surface area contributed by atoms with E-state index in [1.165, 1.54) is 5.56 Å². The van der Waals surface area contributed by atoms with Crippen molar-refractivity contribution in [3.05, 3.63) is 82.6 Å². The van der Waals surface area contributed by atoms with Gasteiger partial charge in [0, 0.05) is 23.5 Å². The highest BCUT2D eigenvalue weighted by Gasteiger charge is 2.09. The van der Waals surface area contributed by atoms with E-state index in [1.54, 1.807) is 11.8 Å². The second-order valence-electron chi connectivity index (χ2n) is 5.51. The minimum Gasteiger partial charge on any atom is -0.390 e. The van der Waals surface area contributed by atoms with Crippen LogP contribution in [-0.4, -0.2) is 20.4 Å². The Bertz CT molecular complexity index is 772. The summed E-state index contributed by atoms with van der Waals surface area (Å²) in [4.78, 5) is 4.52. The Hall–Kier alpha value is -1.75. The van der Waals surface area contributed by atoms with Gasteiger partial charge in [0.15, 0.2) is 5.16 Å². The second kappa shape index (κ2) is 8.38. The molecule has 3 rings (SSSR count). The van der Waals surface area contributed by atoms with Gasteiger partial charge < -0.3 is 9.67 Å². The number of thioether (sulfide) groups is 1. The van der Waals surface area contributed by atoms with Crippen molar-refractivity contribution in [2.45, 2.75) is 24.7 Å². The molecule has 124 valence electrons. The minimum atomic E-state index is -0.0418. The lowest BCUT2D eigenvalue weighted by Crippen LogP contribution is -2.01. The fourth-order valence-electron chi connectivity index (χ4n) is 2.45. The van der Waals surface area contributed by atoms with E-state index in [4.69, 9.17) is 11.6 Å². The highest BCUT2D eigenvalue weighted by atomic mass is 35.5. The molecule has 0 spiro atoms. The Morgan fingerprint density at radius 3 is 2.46 bits per heavy atom. The monoisotopic (exact) mass is 358 g/mol. The number of nitrogens with zero attached hydrogens (tertiary/aromatic N) is 2. The fourth-order valence-corrected chi connectivity index (χ4v) is 3.56. The van der Waals surface area contributed by atoms with Crippen molar-refractivity contribution in [2.24, 2.45) is 0 Å². The number of halogens is 1. The maximum atomic E-state index is 9.38. The van der Waals surface area contributed by atoms with Crippen LogP contribution in [-0.2, 0) is 19.6 Å². The number of hydrogen-bond acceptors (Lipinski definition) is 3. The Kier molecular flexibility index (Phi) is 5.96. The smallest absolute Gasteiger partial charge is 0.168 e. The van der Waals surface area contributed by atoms with Gasteiger partial charge in [-0.3, -0.25) is 0 Å². The summed E-state index contributed by atoms with van der Waals surface area (Å²) in [7, 11) is 0. The quantitative estimate of drug-likeness (QED) is 0.636. The molecule has 2 aromatic carbocycles. The van der Waals surface area contributed by atoms with Crippen LogP contribution in [0.1, 0.15) is 16.8 Å². The molecule has 0 aliphatic carbocycles. The molecule has 0 unspecified atom stereocenters. The van der Waals surface area contributed by atoms with Crippen molar-refractivity contribution >= 4 is 23.4 Å². The van der Waals surface area contributed by atoms with Gasteiger partial charge in [-0.15, -0.1) is 0 Å². The number of imidazole rings is 1. The largest absolute Gasteiger partial charge is 0.390 e. The van der Waals surface area contributed by atoms with Crippen LogP contribution in [0, 0.1) is 0 Å². The molecular weight excluding hydrogens is 340 g/mol. The van der Waals surface area contributed by atoms with E-state index in [-0.39, 0.29) is 6.61 Å². The van der Waals surface area contributed by atoms with Crippen LogP contribution < -0.4 is 0 Å². The molecule has 0 amide bonds. The first-order valence-corrected chi connectivity index (χ1v) is 9.19. The number of aliphatic hydroxyl groups is 1. The van der Waals surface area contributed by atoms with E-state index in [0.29, 0.717) is 5.69 Å². The zero-order valence-electron chi connectivity index (χ0n) is 13.2. The summed E-state index contributed by atoms with van der Waals surface area (Å²) < 4.78 is 2.09. The van der Waals surface area contributed by atoms with Gasteiger partial charge in [-0.25, -0.2) is 4.98 Å². The average molecular weight is 359 g/mol. The normalized spacial score (nSPS) is 10.9. The summed E-state index contributed by atoms with van der Waals surface area (Å²) in [6.07, 6.45) is 2.91. The zero-order chi connectivity index (χ0) is 16.8. The molecule has 0 saturated heterocycles. The molecule has 1 aromatic heterocycles. The number of aliphatic hydroxyl groups excluding tert-OH is 1. The Morgan fingerprint density at radius 1 is 1.00 bits per heavy atom. The van der Waals surface area contributed by atoms with Crippen LogP contribution in [0.25, 0.3) is 0 Å². The van der Waals surface area contributed by atoms with E-state index in [0.717, 1.165) is 34.5 Å². The molecule has 0 fully saturated rings. The number of rotatable bonds is 7. The number of aromatic nitrogens is 2. The summed E-state index contributed by atoms with van der Waals surface area (Å²) in [5.41, 5.74) is 3.18. The van der Waals surface area contributed by atoms with Crippen molar-refractivity contribution in [1.29, 1.82) is 0 Å². The number of hydrogen-bond donors (Lipinski definition) is 1. The molecule has 1 heterocycles. The summed E-state index contributed by atoms with van der Waals surface area (Å²) >= 11 is 7.66. The van der Waals surface area contributed by atoms with Crippen molar-refractivity contribution in [2.75, 3.05) is 5.75 Å². The van der Waals surface area contributed by atoms with Crippen LogP contribution in [0.15, 0.2) is 66.0 Å². The first kappa shape index (κ1) is 17.1. The highest BCUT2D eigenvalue weighted by molar-refractivity contribution is 7.99. The lowest BCUT2D eigenvalue weighted by molar-refractivity contribution is 0.277. The van der Waals surface area contributed by atoms with Gasteiger partial charge in [-0.2, -0.15) is 0 Å². The molecule has 5 heteroatoms. The predicted molar refractivity (Wildman–Crippen MR) is 99.6 cm³/mol. The van der Waals surface area contributed by atoms with E-state index >= 15 is 0 Å². The molecule has 0 aliphatic rings. The van der Waals surface area contributed by atoms with Gasteiger partial charge in [-0.1, -0.05) is 65.8 Å². The van der Waals surface area contributed by atoms with Crippen LogP contribution in [0.3, 0.4) is 0 Å². The maximum Gasteiger partial charge on any atom is 0.168 e. The molecule has 0 saturated carbocycles. The zero-order valence-corrected chi connectivity index (χ0v) is 14.8. The Morgan fingerprint density at radius 2 is 1.75 bits per heavy atom. The predicted octanol–water partition coefficient (Wildman–Crippen LogP) is 4.41. The van der Waals surface area contributed by atoms with Gasteiger partial charge in [-0.05, 0) is 29.7 Å². The topological polar surface area (TPSA) is 38.0 Å². The van der Waals surface area contributed by atoms with Crippen molar-refractivity contribution in [1.82, 2.24) is 9.55 Å². The van der Waals surface area contributed by atoms with Crippen molar-refractivity contribution in [3.63, 3.8) is 0 Å². The molecule has 3 aromatic rings. The van der Waals surface area contributed by atoms with Crippen LogP contribution >= 0.6 is 23.4 Å².